The third-order valence-corrected chi connectivity index (χ3v) is 3.49. The molecule has 1 heterocycles. The van der Waals surface area contributed by atoms with E-state index in [9.17, 15) is 4.79 Å². The van der Waals surface area contributed by atoms with Crippen LogP contribution in [0, 0.1) is 13.8 Å². The molecule has 1 amide bonds. The summed E-state index contributed by atoms with van der Waals surface area (Å²) >= 11 is 0. The fourth-order valence-corrected chi connectivity index (χ4v) is 2.46. The number of nitrogens with one attached hydrogen (secondary N) is 2. The Labute approximate surface area is 101 Å². The molecular formula is C12H20N4O. The summed E-state index contributed by atoms with van der Waals surface area (Å²) in [6, 6.07) is 0.185. The third-order valence-electron chi connectivity index (χ3n) is 3.49. The van der Waals surface area contributed by atoms with Gasteiger partial charge in [-0.3, -0.25) is 9.89 Å². The Balaban J connectivity index is 2.06. The predicted octanol–water partition coefficient (Wildman–Crippen LogP) is 1.03. The molecule has 0 saturated heterocycles. The van der Waals surface area contributed by atoms with E-state index >= 15 is 0 Å². The second-order valence-electron chi connectivity index (χ2n) is 4.84. The number of aryl methyl sites for hydroxylation is 2. The van der Waals surface area contributed by atoms with Crippen molar-refractivity contribution in [1.82, 2.24) is 15.5 Å². The number of hydrogen-bond acceptors (Lipinski definition) is 3. The highest BCUT2D eigenvalue weighted by atomic mass is 16.1. The standard InChI is InChI=1S/C12H20N4O/c1-7-11(8(2)16-15-7)12(17)14-10-6-4-3-5-9(10)13/h9-10H,3-6,13H2,1-2H3,(H,14,17)(H,15,16). The lowest BCUT2D eigenvalue weighted by atomic mass is 9.91. The molecule has 0 spiro atoms. The number of carbonyl (C=O) groups is 1. The molecule has 2 atom stereocenters. The van der Waals surface area contributed by atoms with Crippen LogP contribution in [-0.4, -0.2) is 28.2 Å². The van der Waals surface area contributed by atoms with Gasteiger partial charge in [-0.05, 0) is 26.7 Å². The fourth-order valence-electron chi connectivity index (χ4n) is 2.46. The number of aromatic nitrogens is 2. The molecule has 2 rings (SSSR count). The highest BCUT2D eigenvalue weighted by molar-refractivity contribution is 5.96. The summed E-state index contributed by atoms with van der Waals surface area (Å²) in [5.74, 6) is -0.0592. The number of amides is 1. The van der Waals surface area contributed by atoms with E-state index in [1.54, 1.807) is 0 Å². The van der Waals surface area contributed by atoms with Crippen molar-refractivity contribution in [2.45, 2.75) is 51.6 Å². The second kappa shape index (κ2) is 4.87. The number of nitrogens with two attached hydrogens (primary N) is 1. The summed E-state index contributed by atoms with van der Waals surface area (Å²) in [5, 5.41) is 9.89. The second-order valence-corrected chi connectivity index (χ2v) is 4.84. The Morgan fingerprint density at radius 2 is 2.12 bits per heavy atom. The number of nitrogens with zero attached hydrogens (tertiary/aromatic N) is 1. The molecule has 17 heavy (non-hydrogen) atoms. The van der Waals surface area contributed by atoms with Crippen molar-refractivity contribution in [1.29, 1.82) is 0 Å². The fraction of sp³-hybridized carbons (Fsp3) is 0.667. The molecule has 5 heteroatoms. The highest BCUT2D eigenvalue weighted by Gasteiger charge is 2.25. The normalized spacial score (nSPS) is 24.6. The van der Waals surface area contributed by atoms with Gasteiger partial charge in [0.05, 0.1) is 11.3 Å². The SMILES string of the molecule is Cc1n[nH]c(C)c1C(=O)NC1CCCCC1N. The zero-order valence-electron chi connectivity index (χ0n) is 10.4. The van der Waals surface area contributed by atoms with Crippen LogP contribution in [0.15, 0.2) is 0 Å². The lowest BCUT2D eigenvalue weighted by Gasteiger charge is -2.29. The largest absolute Gasteiger partial charge is 0.348 e. The minimum Gasteiger partial charge on any atom is -0.348 e. The zero-order chi connectivity index (χ0) is 12.4. The van der Waals surface area contributed by atoms with Crippen molar-refractivity contribution in [3.63, 3.8) is 0 Å². The van der Waals surface area contributed by atoms with Crippen molar-refractivity contribution in [2.75, 3.05) is 0 Å². The van der Waals surface area contributed by atoms with Gasteiger partial charge < -0.3 is 11.1 Å². The quantitative estimate of drug-likeness (QED) is 0.717. The van der Waals surface area contributed by atoms with Gasteiger partial charge in [-0.2, -0.15) is 5.10 Å². The summed E-state index contributed by atoms with van der Waals surface area (Å²) in [6.45, 7) is 3.69. The molecule has 1 saturated carbocycles. The van der Waals surface area contributed by atoms with Gasteiger partial charge >= 0.3 is 0 Å². The molecule has 1 fully saturated rings. The predicted molar refractivity (Wildman–Crippen MR) is 65.8 cm³/mol. The van der Waals surface area contributed by atoms with E-state index in [0.29, 0.717) is 5.56 Å². The average molecular weight is 236 g/mol. The van der Waals surface area contributed by atoms with Gasteiger partial charge in [-0.1, -0.05) is 12.8 Å². The Morgan fingerprint density at radius 1 is 1.41 bits per heavy atom. The van der Waals surface area contributed by atoms with Crippen LogP contribution in [0.4, 0.5) is 0 Å². The van der Waals surface area contributed by atoms with Gasteiger partial charge in [0.15, 0.2) is 0 Å². The molecular weight excluding hydrogens is 216 g/mol. The van der Waals surface area contributed by atoms with E-state index in [-0.39, 0.29) is 18.0 Å². The molecule has 2 unspecified atom stereocenters. The van der Waals surface area contributed by atoms with E-state index in [1.807, 2.05) is 13.8 Å². The molecule has 1 aliphatic rings. The highest BCUT2D eigenvalue weighted by Crippen LogP contribution is 2.18. The Kier molecular flexibility index (Phi) is 3.47. The summed E-state index contributed by atoms with van der Waals surface area (Å²) in [5.41, 5.74) is 8.22. The van der Waals surface area contributed by atoms with Gasteiger partial charge in [-0.25, -0.2) is 0 Å². The first-order valence-electron chi connectivity index (χ1n) is 6.17. The van der Waals surface area contributed by atoms with Crippen LogP contribution in [0.3, 0.4) is 0 Å². The van der Waals surface area contributed by atoms with Crippen LogP contribution >= 0.6 is 0 Å². The lowest BCUT2D eigenvalue weighted by molar-refractivity contribution is 0.0920. The maximum Gasteiger partial charge on any atom is 0.255 e. The molecule has 0 radical (unpaired) electrons. The van der Waals surface area contributed by atoms with Gasteiger partial charge in [0, 0.05) is 17.8 Å². The van der Waals surface area contributed by atoms with E-state index in [2.05, 4.69) is 15.5 Å². The van der Waals surface area contributed by atoms with Crippen LogP contribution in [0.25, 0.3) is 0 Å². The molecule has 1 aromatic heterocycles. The zero-order valence-corrected chi connectivity index (χ0v) is 10.4. The molecule has 1 aliphatic carbocycles. The van der Waals surface area contributed by atoms with Crippen LogP contribution in [0.5, 0.6) is 0 Å². The Bertz CT molecular complexity index is 393. The number of aromatic amines is 1. The average Bonchev–Trinajstić information content (AvgIpc) is 2.62. The first-order chi connectivity index (χ1) is 8.09. The topological polar surface area (TPSA) is 83.8 Å². The molecule has 4 N–H and O–H groups in total. The first-order valence-corrected chi connectivity index (χ1v) is 6.17. The molecule has 1 aromatic rings. The molecule has 0 aliphatic heterocycles. The molecule has 5 nitrogen and oxygen atoms in total. The van der Waals surface area contributed by atoms with Crippen LogP contribution in [0.2, 0.25) is 0 Å². The first kappa shape index (κ1) is 12.1. The van der Waals surface area contributed by atoms with Crippen molar-refractivity contribution >= 4 is 5.91 Å². The third kappa shape index (κ3) is 2.49. The number of H-pyrrole nitrogens is 1. The van der Waals surface area contributed by atoms with Crippen LogP contribution in [0.1, 0.15) is 47.4 Å². The summed E-state index contributed by atoms with van der Waals surface area (Å²) in [7, 11) is 0. The van der Waals surface area contributed by atoms with E-state index in [0.717, 1.165) is 37.1 Å². The molecule has 0 aromatic carbocycles. The lowest BCUT2D eigenvalue weighted by Crippen LogP contribution is -2.49. The van der Waals surface area contributed by atoms with Gasteiger partial charge in [0.1, 0.15) is 0 Å². The van der Waals surface area contributed by atoms with E-state index in [4.69, 9.17) is 5.73 Å². The van der Waals surface area contributed by atoms with Gasteiger partial charge in [-0.15, -0.1) is 0 Å². The van der Waals surface area contributed by atoms with Crippen molar-refractivity contribution in [2.24, 2.45) is 5.73 Å². The number of rotatable bonds is 2. The Hall–Kier alpha value is -1.36. The maximum absolute atomic E-state index is 12.1. The van der Waals surface area contributed by atoms with Crippen molar-refractivity contribution in [3.05, 3.63) is 17.0 Å². The van der Waals surface area contributed by atoms with Crippen LogP contribution < -0.4 is 11.1 Å². The van der Waals surface area contributed by atoms with Crippen LogP contribution in [-0.2, 0) is 0 Å². The van der Waals surface area contributed by atoms with Crippen molar-refractivity contribution < 1.29 is 4.79 Å². The summed E-state index contributed by atoms with van der Waals surface area (Å²) < 4.78 is 0. The van der Waals surface area contributed by atoms with Crippen molar-refractivity contribution in [3.8, 4) is 0 Å². The smallest absolute Gasteiger partial charge is 0.255 e. The number of carbonyl (C=O) groups excluding carboxylic acids is 1. The minimum absolute atomic E-state index is 0.0592. The molecule has 94 valence electrons. The molecule has 0 bridgehead atoms. The maximum atomic E-state index is 12.1. The minimum atomic E-state index is -0.0592. The van der Waals surface area contributed by atoms with Gasteiger partial charge in [0.2, 0.25) is 0 Å². The summed E-state index contributed by atoms with van der Waals surface area (Å²) in [4.78, 5) is 12.1. The van der Waals surface area contributed by atoms with E-state index in [1.165, 1.54) is 0 Å². The number of hydrogen-bond donors (Lipinski definition) is 3. The summed E-state index contributed by atoms with van der Waals surface area (Å²) in [6.07, 6.45) is 4.27. The Morgan fingerprint density at radius 3 is 2.71 bits per heavy atom. The monoisotopic (exact) mass is 236 g/mol. The van der Waals surface area contributed by atoms with Gasteiger partial charge in [0.25, 0.3) is 5.91 Å². The van der Waals surface area contributed by atoms with E-state index < -0.39 is 0 Å².